The number of amides is 1. The Morgan fingerprint density at radius 1 is 1.25 bits per heavy atom. The molecule has 1 unspecified atom stereocenters. The quantitative estimate of drug-likeness (QED) is 0.729. The highest BCUT2D eigenvalue weighted by atomic mass is 32.1. The van der Waals surface area contributed by atoms with Crippen molar-refractivity contribution in [1.29, 1.82) is 0 Å². The summed E-state index contributed by atoms with van der Waals surface area (Å²) in [5, 5.41) is 10.4. The molecule has 2 aromatic rings. The lowest BCUT2D eigenvalue weighted by molar-refractivity contribution is -0.192. The first kappa shape index (κ1) is 24.2. The second-order valence-corrected chi connectivity index (χ2v) is 8.89. The van der Waals surface area contributed by atoms with E-state index in [-0.39, 0.29) is 5.54 Å². The van der Waals surface area contributed by atoms with Gasteiger partial charge in [0.15, 0.2) is 0 Å². The zero-order valence-corrected chi connectivity index (χ0v) is 18.5. The van der Waals surface area contributed by atoms with Crippen LogP contribution in [0.3, 0.4) is 0 Å². The van der Waals surface area contributed by atoms with Crippen LogP contribution in [-0.2, 0) is 16.1 Å². The van der Waals surface area contributed by atoms with Gasteiger partial charge in [-0.25, -0.2) is 9.78 Å². The Morgan fingerprint density at radius 3 is 2.38 bits per heavy atom. The largest absolute Gasteiger partial charge is 0.490 e. The third kappa shape index (κ3) is 5.29. The second-order valence-electron chi connectivity index (χ2n) is 7.91. The molecule has 1 aromatic heterocycles. The number of rotatable bonds is 4. The van der Waals surface area contributed by atoms with E-state index in [9.17, 15) is 18.0 Å². The summed E-state index contributed by atoms with van der Waals surface area (Å²) in [6.07, 6.45) is -0.440. The molecular formula is C22H26F3N3O3S. The third-order valence-corrected chi connectivity index (χ3v) is 6.96. The number of hydrogen-bond donors (Lipinski definition) is 1. The van der Waals surface area contributed by atoms with Gasteiger partial charge in [-0.15, -0.1) is 11.3 Å². The minimum atomic E-state index is -5.08. The molecule has 2 saturated heterocycles. The molecule has 2 aliphatic rings. The van der Waals surface area contributed by atoms with E-state index >= 15 is 0 Å². The van der Waals surface area contributed by atoms with Gasteiger partial charge in [0.1, 0.15) is 5.01 Å². The molecule has 0 bridgehead atoms. The fraction of sp³-hybridized carbons (Fsp3) is 0.500. The standard InChI is InChI=1S/C20H25N3OS.C2HF3O2/c1-2-23-19(24)14-17(16-6-4-3-5-7-16)20(23)8-11-22(12-9-20)15-18-21-10-13-25-18;3-2(4,5)1(6)7/h3-7,10,13,17H,2,8-9,11-12,14-15H2,1H3;(H,6,7). The summed E-state index contributed by atoms with van der Waals surface area (Å²) in [4.78, 5) is 30.7. The molecule has 10 heteroatoms. The van der Waals surface area contributed by atoms with E-state index in [1.807, 2.05) is 11.6 Å². The summed E-state index contributed by atoms with van der Waals surface area (Å²) in [7, 11) is 0. The van der Waals surface area contributed by atoms with Gasteiger partial charge in [-0.2, -0.15) is 13.2 Å². The van der Waals surface area contributed by atoms with E-state index in [1.54, 1.807) is 11.3 Å². The third-order valence-electron chi connectivity index (χ3n) is 6.19. The van der Waals surface area contributed by atoms with Crippen molar-refractivity contribution in [2.75, 3.05) is 19.6 Å². The summed E-state index contributed by atoms with van der Waals surface area (Å²) in [5.74, 6) is -2.11. The summed E-state index contributed by atoms with van der Waals surface area (Å²) in [6.45, 7) is 5.94. The lowest BCUT2D eigenvalue weighted by atomic mass is 9.73. The molecule has 1 N–H and O–H groups in total. The van der Waals surface area contributed by atoms with Crippen LogP contribution in [0.25, 0.3) is 0 Å². The Labute approximate surface area is 188 Å². The Balaban J connectivity index is 0.000000360. The van der Waals surface area contributed by atoms with Crippen LogP contribution in [0, 0.1) is 0 Å². The molecule has 1 amide bonds. The van der Waals surface area contributed by atoms with Crippen molar-refractivity contribution in [3.63, 3.8) is 0 Å². The molecule has 0 aliphatic carbocycles. The molecule has 1 spiro atoms. The Hall–Kier alpha value is -2.46. The number of aliphatic carboxylic acids is 1. The Bertz CT molecular complexity index is 898. The topological polar surface area (TPSA) is 73.7 Å². The number of aromatic nitrogens is 1. The number of piperidine rings is 1. The Morgan fingerprint density at radius 2 is 1.88 bits per heavy atom. The van der Waals surface area contributed by atoms with Gasteiger partial charge in [-0.05, 0) is 25.3 Å². The summed E-state index contributed by atoms with van der Waals surface area (Å²) < 4.78 is 31.7. The minimum absolute atomic E-state index is 0.00738. The number of carbonyl (C=O) groups excluding carboxylic acids is 1. The van der Waals surface area contributed by atoms with Gasteiger partial charge in [0.2, 0.25) is 5.91 Å². The number of likely N-dealkylation sites (tertiary alicyclic amines) is 2. The molecule has 0 radical (unpaired) electrons. The smallest absolute Gasteiger partial charge is 0.475 e. The van der Waals surface area contributed by atoms with Crippen molar-refractivity contribution in [2.24, 2.45) is 0 Å². The average molecular weight is 470 g/mol. The van der Waals surface area contributed by atoms with Crippen LogP contribution in [0.5, 0.6) is 0 Å². The van der Waals surface area contributed by atoms with Crippen molar-refractivity contribution >= 4 is 23.2 Å². The molecule has 1 aromatic carbocycles. The number of halogens is 3. The summed E-state index contributed by atoms with van der Waals surface area (Å²) >= 11 is 1.73. The van der Waals surface area contributed by atoms with Gasteiger partial charge >= 0.3 is 12.1 Å². The first-order valence-corrected chi connectivity index (χ1v) is 11.3. The van der Waals surface area contributed by atoms with Crippen molar-refractivity contribution in [1.82, 2.24) is 14.8 Å². The normalized spacial score (nSPS) is 20.8. The number of carbonyl (C=O) groups is 2. The van der Waals surface area contributed by atoms with Crippen LogP contribution < -0.4 is 0 Å². The van der Waals surface area contributed by atoms with E-state index < -0.39 is 12.1 Å². The molecule has 2 fully saturated rings. The average Bonchev–Trinajstić information content (AvgIpc) is 3.36. The van der Waals surface area contributed by atoms with Gasteiger partial charge in [-0.3, -0.25) is 9.69 Å². The van der Waals surface area contributed by atoms with Gasteiger partial charge in [-0.1, -0.05) is 30.3 Å². The molecule has 32 heavy (non-hydrogen) atoms. The number of benzene rings is 1. The molecule has 174 valence electrons. The molecule has 6 nitrogen and oxygen atoms in total. The maximum Gasteiger partial charge on any atom is 0.490 e. The number of likely N-dealkylation sites (N-methyl/N-ethyl adjacent to an activating group) is 1. The number of carboxylic acid groups (broad SMARTS) is 1. The van der Waals surface area contributed by atoms with Crippen LogP contribution in [-0.4, -0.2) is 63.1 Å². The highest BCUT2D eigenvalue weighted by molar-refractivity contribution is 7.09. The van der Waals surface area contributed by atoms with Crippen molar-refractivity contribution in [2.45, 2.75) is 50.4 Å². The van der Waals surface area contributed by atoms with Gasteiger partial charge < -0.3 is 10.0 Å². The minimum Gasteiger partial charge on any atom is -0.475 e. The van der Waals surface area contributed by atoms with Crippen molar-refractivity contribution < 1.29 is 27.9 Å². The predicted octanol–water partition coefficient (Wildman–Crippen LogP) is 4.15. The van der Waals surface area contributed by atoms with Crippen LogP contribution in [0.4, 0.5) is 13.2 Å². The van der Waals surface area contributed by atoms with E-state index in [2.05, 4.69) is 52.0 Å². The number of carboxylic acids is 1. The van der Waals surface area contributed by atoms with Crippen LogP contribution in [0.15, 0.2) is 41.9 Å². The predicted molar refractivity (Wildman–Crippen MR) is 114 cm³/mol. The number of alkyl halides is 3. The van der Waals surface area contributed by atoms with E-state index in [1.165, 1.54) is 10.6 Å². The van der Waals surface area contributed by atoms with Crippen molar-refractivity contribution in [3.8, 4) is 0 Å². The summed E-state index contributed by atoms with van der Waals surface area (Å²) in [5.41, 5.74) is 1.31. The van der Waals surface area contributed by atoms with E-state index in [0.29, 0.717) is 18.2 Å². The zero-order valence-electron chi connectivity index (χ0n) is 17.7. The molecule has 4 rings (SSSR count). The van der Waals surface area contributed by atoms with E-state index in [4.69, 9.17) is 9.90 Å². The fourth-order valence-electron chi connectivity index (χ4n) is 4.76. The van der Waals surface area contributed by atoms with Crippen LogP contribution in [0.1, 0.15) is 42.7 Å². The molecule has 1 atom stereocenters. The number of hydrogen-bond acceptors (Lipinski definition) is 5. The fourth-order valence-corrected chi connectivity index (χ4v) is 5.41. The molecular weight excluding hydrogens is 443 g/mol. The number of thiazole rings is 1. The van der Waals surface area contributed by atoms with Crippen LogP contribution >= 0.6 is 11.3 Å². The van der Waals surface area contributed by atoms with Crippen LogP contribution in [0.2, 0.25) is 0 Å². The Kier molecular flexibility index (Phi) is 7.55. The van der Waals surface area contributed by atoms with Gasteiger partial charge in [0.05, 0.1) is 12.1 Å². The van der Waals surface area contributed by atoms with Gasteiger partial charge in [0, 0.05) is 43.5 Å². The van der Waals surface area contributed by atoms with Gasteiger partial charge in [0.25, 0.3) is 0 Å². The first-order chi connectivity index (χ1) is 15.2. The first-order valence-electron chi connectivity index (χ1n) is 10.4. The molecule has 2 aliphatic heterocycles. The van der Waals surface area contributed by atoms with Crippen molar-refractivity contribution in [3.05, 3.63) is 52.5 Å². The maximum absolute atomic E-state index is 12.7. The molecule has 0 saturated carbocycles. The maximum atomic E-state index is 12.7. The van der Waals surface area contributed by atoms with E-state index in [0.717, 1.165) is 39.0 Å². The lowest BCUT2D eigenvalue weighted by Crippen LogP contribution is -2.55. The summed E-state index contributed by atoms with van der Waals surface area (Å²) in [6, 6.07) is 10.6. The molecule has 3 heterocycles. The number of nitrogens with zero attached hydrogens (tertiary/aromatic N) is 3. The SMILES string of the molecule is CCN1C(=O)CC(c2ccccc2)C12CCN(Cc1nccs1)CC2.O=C(O)C(F)(F)F. The highest BCUT2D eigenvalue weighted by Crippen LogP contribution is 2.48. The zero-order chi connectivity index (χ0) is 23.4. The second kappa shape index (κ2) is 9.99. The monoisotopic (exact) mass is 469 g/mol. The lowest BCUT2D eigenvalue weighted by Gasteiger charge is -2.47. The highest BCUT2D eigenvalue weighted by Gasteiger charge is 2.53.